The number of hydrogen-bond acceptors (Lipinski definition) is 4. The van der Waals surface area contributed by atoms with E-state index < -0.39 is 0 Å². The van der Waals surface area contributed by atoms with Crippen LogP contribution in [0.1, 0.15) is 24.8 Å². The molecule has 0 atom stereocenters. The third kappa shape index (κ3) is 4.76. The third-order valence-electron chi connectivity index (χ3n) is 4.23. The standard InChI is InChI=1S/C17H26N2O4/c1-21-14-10-16(23-3)15(22-2)9-13(14)11-18-17(20)12-19-7-5-4-6-8-19/h9-10H,4-8,11-12H2,1-3H3,(H,18,20)/p+1. The molecular formula is C17H27N2O4+. The first-order valence-corrected chi connectivity index (χ1v) is 8.07. The Kier molecular flexibility index (Phi) is 6.52. The number of piperidine rings is 1. The van der Waals surface area contributed by atoms with E-state index in [0.717, 1.165) is 18.7 Å². The molecular weight excluding hydrogens is 296 g/mol. The molecule has 0 spiro atoms. The van der Waals surface area contributed by atoms with Gasteiger partial charge in [0.1, 0.15) is 5.75 Å². The van der Waals surface area contributed by atoms with Crippen molar-refractivity contribution >= 4 is 5.91 Å². The van der Waals surface area contributed by atoms with E-state index in [0.29, 0.717) is 30.3 Å². The van der Waals surface area contributed by atoms with Crippen molar-refractivity contribution < 1.29 is 23.9 Å². The number of carbonyl (C=O) groups excluding carboxylic acids is 1. The quantitative estimate of drug-likeness (QED) is 0.762. The number of nitrogens with one attached hydrogen (secondary N) is 2. The molecule has 1 aliphatic rings. The summed E-state index contributed by atoms with van der Waals surface area (Å²) in [6.45, 7) is 3.13. The van der Waals surface area contributed by atoms with Gasteiger partial charge in [0.15, 0.2) is 18.0 Å². The van der Waals surface area contributed by atoms with E-state index in [1.165, 1.54) is 24.2 Å². The van der Waals surface area contributed by atoms with E-state index in [4.69, 9.17) is 14.2 Å². The summed E-state index contributed by atoms with van der Waals surface area (Å²) in [5.74, 6) is 1.98. The first-order valence-electron chi connectivity index (χ1n) is 8.07. The predicted molar refractivity (Wildman–Crippen MR) is 87.4 cm³/mol. The lowest BCUT2D eigenvalue weighted by Crippen LogP contribution is -3.13. The van der Waals surface area contributed by atoms with Gasteiger partial charge in [0, 0.05) is 18.2 Å². The van der Waals surface area contributed by atoms with Crippen LogP contribution in [-0.4, -0.2) is 46.9 Å². The van der Waals surface area contributed by atoms with E-state index in [2.05, 4.69) is 5.32 Å². The number of benzene rings is 1. The predicted octanol–water partition coefficient (Wildman–Crippen LogP) is 0.397. The van der Waals surface area contributed by atoms with E-state index >= 15 is 0 Å². The summed E-state index contributed by atoms with van der Waals surface area (Å²) in [5, 5.41) is 2.97. The van der Waals surface area contributed by atoms with Gasteiger partial charge in [0.2, 0.25) is 0 Å². The lowest BCUT2D eigenvalue weighted by atomic mass is 10.1. The Morgan fingerprint density at radius 3 is 2.22 bits per heavy atom. The maximum absolute atomic E-state index is 12.1. The Morgan fingerprint density at radius 1 is 1.00 bits per heavy atom. The highest BCUT2D eigenvalue weighted by atomic mass is 16.5. The number of hydrogen-bond donors (Lipinski definition) is 2. The smallest absolute Gasteiger partial charge is 0.275 e. The minimum Gasteiger partial charge on any atom is -0.496 e. The van der Waals surface area contributed by atoms with Crippen molar-refractivity contribution in [1.29, 1.82) is 0 Å². The zero-order chi connectivity index (χ0) is 16.7. The maximum Gasteiger partial charge on any atom is 0.275 e. The van der Waals surface area contributed by atoms with Crippen molar-refractivity contribution in [3.8, 4) is 17.2 Å². The summed E-state index contributed by atoms with van der Waals surface area (Å²) in [6, 6.07) is 3.61. The van der Waals surface area contributed by atoms with Crippen LogP contribution < -0.4 is 24.4 Å². The molecule has 0 saturated carbocycles. The van der Waals surface area contributed by atoms with Gasteiger partial charge in [-0.1, -0.05) is 0 Å². The molecule has 1 aromatic rings. The largest absolute Gasteiger partial charge is 0.496 e. The molecule has 0 bridgehead atoms. The molecule has 0 aromatic heterocycles. The molecule has 2 rings (SSSR count). The van der Waals surface area contributed by atoms with Crippen LogP contribution in [0.25, 0.3) is 0 Å². The van der Waals surface area contributed by atoms with Gasteiger partial charge in [-0.05, 0) is 25.3 Å². The molecule has 1 heterocycles. The highest BCUT2D eigenvalue weighted by molar-refractivity contribution is 5.77. The second kappa shape index (κ2) is 8.62. The third-order valence-corrected chi connectivity index (χ3v) is 4.23. The summed E-state index contributed by atoms with van der Waals surface area (Å²) in [5.41, 5.74) is 0.868. The van der Waals surface area contributed by atoms with Crippen molar-refractivity contribution in [2.45, 2.75) is 25.8 Å². The Bertz CT molecular complexity index is 528. The molecule has 1 amide bonds. The van der Waals surface area contributed by atoms with Crippen LogP contribution in [0.2, 0.25) is 0 Å². The lowest BCUT2D eigenvalue weighted by molar-refractivity contribution is -0.896. The number of methoxy groups -OCH3 is 3. The monoisotopic (exact) mass is 323 g/mol. The fraction of sp³-hybridized carbons (Fsp3) is 0.588. The SMILES string of the molecule is COc1cc(OC)c(OC)cc1CNC(=O)C[NH+]1CCCCC1. The Balaban J connectivity index is 1.97. The number of rotatable bonds is 7. The van der Waals surface area contributed by atoms with E-state index in [1.807, 2.05) is 6.07 Å². The summed E-state index contributed by atoms with van der Waals surface area (Å²) in [7, 11) is 4.77. The van der Waals surface area contributed by atoms with Gasteiger partial charge >= 0.3 is 0 Å². The molecule has 1 aromatic carbocycles. The average molecular weight is 323 g/mol. The van der Waals surface area contributed by atoms with Crippen molar-refractivity contribution in [2.24, 2.45) is 0 Å². The molecule has 1 saturated heterocycles. The number of amides is 1. The molecule has 1 aliphatic heterocycles. The second-order valence-electron chi connectivity index (χ2n) is 5.78. The van der Waals surface area contributed by atoms with Crippen LogP contribution in [0.3, 0.4) is 0 Å². The van der Waals surface area contributed by atoms with Crippen molar-refractivity contribution in [3.05, 3.63) is 17.7 Å². The van der Waals surface area contributed by atoms with Crippen LogP contribution in [0.4, 0.5) is 0 Å². The van der Waals surface area contributed by atoms with Gasteiger partial charge in [0.25, 0.3) is 5.91 Å². The highest BCUT2D eigenvalue weighted by Crippen LogP contribution is 2.34. The van der Waals surface area contributed by atoms with Crippen LogP contribution in [0.5, 0.6) is 17.2 Å². The van der Waals surface area contributed by atoms with E-state index in [1.54, 1.807) is 27.4 Å². The molecule has 6 heteroatoms. The molecule has 0 unspecified atom stereocenters. The summed E-state index contributed by atoms with van der Waals surface area (Å²) >= 11 is 0. The summed E-state index contributed by atoms with van der Waals surface area (Å²) in [4.78, 5) is 13.5. The first kappa shape index (κ1) is 17.4. The Labute approximate surface area is 137 Å². The normalized spacial score (nSPS) is 15.1. The minimum atomic E-state index is 0.0683. The second-order valence-corrected chi connectivity index (χ2v) is 5.78. The van der Waals surface area contributed by atoms with Gasteiger partial charge in [0.05, 0.1) is 34.4 Å². The zero-order valence-electron chi connectivity index (χ0n) is 14.2. The lowest BCUT2D eigenvalue weighted by Gasteiger charge is -2.23. The van der Waals surface area contributed by atoms with Crippen molar-refractivity contribution in [2.75, 3.05) is 41.0 Å². The van der Waals surface area contributed by atoms with Crippen molar-refractivity contribution in [1.82, 2.24) is 5.32 Å². The Morgan fingerprint density at radius 2 is 1.61 bits per heavy atom. The molecule has 0 aliphatic carbocycles. The summed E-state index contributed by atoms with van der Waals surface area (Å²) < 4.78 is 15.9. The van der Waals surface area contributed by atoms with Gasteiger partial charge < -0.3 is 24.4 Å². The van der Waals surface area contributed by atoms with Crippen molar-refractivity contribution in [3.63, 3.8) is 0 Å². The Hall–Kier alpha value is -1.95. The van der Waals surface area contributed by atoms with Gasteiger partial charge in [-0.25, -0.2) is 0 Å². The van der Waals surface area contributed by atoms with Crippen LogP contribution in [-0.2, 0) is 11.3 Å². The van der Waals surface area contributed by atoms with Gasteiger partial charge in [-0.15, -0.1) is 0 Å². The summed E-state index contributed by atoms with van der Waals surface area (Å²) in [6.07, 6.45) is 3.71. The van der Waals surface area contributed by atoms with Crippen LogP contribution in [0.15, 0.2) is 12.1 Å². The van der Waals surface area contributed by atoms with E-state index in [9.17, 15) is 4.79 Å². The topological polar surface area (TPSA) is 61.2 Å². The molecule has 0 radical (unpaired) electrons. The maximum atomic E-state index is 12.1. The molecule has 128 valence electrons. The number of quaternary nitrogens is 1. The van der Waals surface area contributed by atoms with Gasteiger partial charge in [-0.3, -0.25) is 4.79 Å². The number of likely N-dealkylation sites (tertiary alicyclic amines) is 1. The fourth-order valence-corrected chi connectivity index (χ4v) is 2.94. The fourth-order valence-electron chi connectivity index (χ4n) is 2.94. The van der Waals surface area contributed by atoms with Gasteiger partial charge in [-0.2, -0.15) is 0 Å². The molecule has 2 N–H and O–H groups in total. The van der Waals surface area contributed by atoms with E-state index in [-0.39, 0.29) is 5.91 Å². The number of ether oxygens (including phenoxy) is 3. The zero-order valence-corrected chi connectivity index (χ0v) is 14.2. The molecule has 1 fully saturated rings. The van der Waals surface area contributed by atoms with Crippen LogP contribution >= 0.6 is 0 Å². The minimum absolute atomic E-state index is 0.0683. The number of carbonyl (C=O) groups is 1. The molecule has 23 heavy (non-hydrogen) atoms. The van der Waals surface area contributed by atoms with Crippen LogP contribution in [0, 0.1) is 0 Å². The molecule has 6 nitrogen and oxygen atoms in total. The highest BCUT2D eigenvalue weighted by Gasteiger charge is 2.18. The average Bonchev–Trinajstić information content (AvgIpc) is 2.59. The first-order chi connectivity index (χ1) is 11.2.